The summed E-state index contributed by atoms with van der Waals surface area (Å²) in [5, 5.41) is 17.0. The molecule has 4 amide bonds. The molecule has 0 radical (unpaired) electrons. The topological polar surface area (TPSA) is 189 Å². The first-order valence-corrected chi connectivity index (χ1v) is 15.4. The Morgan fingerprint density at radius 1 is 0.739 bits per heavy atom. The Bertz CT molecular complexity index is 1560. The summed E-state index contributed by atoms with van der Waals surface area (Å²) in [5.41, 5.74) is 3.61. The van der Waals surface area contributed by atoms with Gasteiger partial charge in [0.15, 0.2) is 0 Å². The van der Waals surface area contributed by atoms with Gasteiger partial charge in [-0.05, 0) is 41.7 Å². The highest BCUT2D eigenvalue weighted by atomic mass is 32.3. The summed E-state index contributed by atoms with van der Waals surface area (Å²) < 4.78 is 44.1. The zero-order chi connectivity index (χ0) is 33.5. The molecule has 3 rings (SSSR count). The Hall–Kier alpha value is -4.86. The maximum Gasteiger partial charge on any atom is 0.488 e. The van der Waals surface area contributed by atoms with Gasteiger partial charge in [-0.1, -0.05) is 76.7 Å². The monoisotopic (exact) mass is 658 g/mol. The van der Waals surface area contributed by atoms with Gasteiger partial charge in [0.05, 0.1) is 13.2 Å². The van der Waals surface area contributed by atoms with E-state index in [9.17, 15) is 36.7 Å². The minimum absolute atomic E-state index is 0.108. The van der Waals surface area contributed by atoms with Gasteiger partial charge in [-0.3, -0.25) is 24.4 Å². The molecule has 0 unspecified atom stereocenters. The van der Waals surface area contributed by atoms with E-state index in [1.807, 2.05) is 60.7 Å². The summed E-state index contributed by atoms with van der Waals surface area (Å²) in [7, 11) is -5.24. The van der Waals surface area contributed by atoms with E-state index in [0.717, 1.165) is 23.3 Å². The lowest BCUT2D eigenvalue weighted by Crippen LogP contribution is -2.57. The molecule has 0 saturated carbocycles. The smallest absolute Gasteiger partial charge is 0.374 e. The average Bonchev–Trinajstić information content (AvgIpc) is 3.02. The van der Waals surface area contributed by atoms with Crippen LogP contribution in [0.25, 0.3) is 0 Å². The van der Waals surface area contributed by atoms with Crippen molar-refractivity contribution in [3.05, 3.63) is 102 Å². The maximum absolute atomic E-state index is 13.5. The lowest BCUT2D eigenvalue weighted by Gasteiger charge is -2.25. The van der Waals surface area contributed by atoms with Crippen molar-refractivity contribution in [2.45, 2.75) is 50.9 Å². The third-order valence-corrected chi connectivity index (χ3v) is 6.98. The molecule has 0 aromatic heterocycles. The first-order chi connectivity index (χ1) is 21.9. The summed E-state index contributed by atoms with van der Waals surface area (Å²) >= 11 is 0. The van der Waals surface area contributed by atoms with E-state index in [0.29, 0.717) is 12.0 Å². The van der Waals surface area contributed by atoms with Crippen molar-refractivity contribution in [3.63, 3.8) is 0 Å². The summed E-state index contributed by atoms with van der Waals surface area (Å²) in [6.45, 7) is 1.23. The minimum atomic E-state index is -5.24. The second-order valence-corrected chi connectivity index (χ2v) is 11.2. The predicted octanol–water partition coefficient (Wildman–Crippen LogP) is 1.65. The molecule has 46 heavy (non-hydrogen) atoms. The lowest BCUT2D eigenvalue weighted by molar-refractivity contribution is -0.136. The maximum atomic E-state index is 13.5. The molecule has 0 saturated heterocycles. The number of hydrogen-bond donors (Lipinski definition) is 5. The van der Waals surface area contributed by atoms with E-state index in [1.165, 1.54) is 24.5 Å². The van der Waals surface area contributed by atoms with Crippen LogP contribution in [0.4, 0.5) is 3.89 Å². The Kier molecular flexibility index (Phi) is 13.6. The highest BCUT2D eigenvalue weighted by molar-refractivity contribution is 7.81. The molecule has 15 heteroatoms. The van der Waals surface area contributed by atoms with Gasteiger partial charge in [-0.15, -0.1) is 0 Å². The number of hydroxylamine groups is 1. The van der Waals surface area contributed by atoms with Gasteiger partial charge in [0.25, 0.3) is 5.91 Å². The fourth-order valence-electron chi connectivity index (χ4n) is 4.39. The van der Waals surface area contributed by atoms with Crippen molar-refractivity contribution in [2.75, 3.05) is 6.61 Å². The molecule has 0 spiro atoms. The van der Waals surface area contributed by atoms with Gasteiger partial charge in [0.2, 0.25) is 17.7 Å². The number of aryl methyl sites for hydroxylation is 1. The van der Waals surface area contributed by atoms with E-state index >= 15 is 0 Å². The van der Waals surface area contributed by atoms with Crippen LogP contribution in [-0.2, 0) is 53.9 Å². The van der Waals surface area contributed by atoms with E-state index in [-0.39, 0.29) is 31.8 Å². The number of nitrogens with one attached hydrogen (secondary N) is 4. The second-order valence-electron chi connectivity index (χ2n) is 10.2. The largest absolute Gasteiger partial charge is 0.488 e. The molecule has 0 bridgehead atoms. The van der Waals surface area contributed by atoms with Gasteiger partial charge >= 0.3 is 10.5 Å². The SMILES string of the molecule is CC(=O)N[C@@H](COCc1ccccc1)C(=O)N[C@H](CCc1ccccc1)C(=O)N[C@H](Cc1ccc(OS(=O)(=O)F)cc1)C(=O)NO. The minimum Gasteiger partial charge on any atom is -0.374 e. The molecule has 0 heterocycles. The molecule has 5 N–H and O–H groups in total. The molecule has 3 atom stereocenters. The molecule has 3 aromatic rings. The second kappa shape index (κ2) is 17.6. The Morgan fingerprint density at radius 2 is 1.30 bits per heavy atom. The number of benzene rings is 3. The fourth-order valence-corrected chi connectivity index (χ4v) is 4.73. The zero-order valence-corrected chi connectivity index (χ0v) is 25.7. The number of hydrogen-bond acceptors (Lipinski definition) is 9. The van der Waals surface area contributed by atoms with Gasteiger partial charge in [-0.2, -0.15) is 8.42 Å². The Morgan fingerprint density at radius 3 is 1.87 bits per heavy atom. The summed E-state index contributed by atoms with van der Waals surface area (Å²) in [5.74, 6) is -3.23. The van der Waals surface area contributed by atoms with Crippen molar-refractivity contribution in [2.24, 2.45) is 0 Å². The zero-order valence-electron chi connectivity index (χ0n) is 24.8. The molecule has 13 nitrogen and oxygen atoms in total. The van der Waals surface area contributed by atoms with Crippen LogP contribution in [0.3, 0.4) is 0 Å². The fraction of sp³-hybridized carbons (Fsp3) is 0.290. The molecule has 0 aliphatic rings. The normalized spacial score (nSPS) is 13.0. The Balaban J connectivity index is 1.75. The van der Waals surface area contributed by atoms with Crippen LogP contribution in [0.2, 0.25) is 0 Å². The van der Waals surface area contributed by atoms with Gasteiger partial charge in [-0.25, -0.2) is 5.48 Å². The van der Waals surface area contributed by atoms with E-state index < -0.39 is 52.3 Å². The van der Waals surface area contributed by atoms with Crippen LogP contribution < -0.4 is 25.6 Å². The van der Waals surface area contributed by atoms with Crippen molar-refractivity contribution in [3.8, 4) is 5.75 Å². The van der Waals surface area contributed by atoms with E-state index in [1.54, 1.807) is 0 Å². The van der Waals surface area contributed by atoms with Crippen molar-refractivity contribution in [1.82, 2.24) is 21.4 Å². The molecule has 0 aliphatic carbocycles. The first-order valence-electron chi connectivity index (χ1n) is 14.1. The lowest BCUT2D eigenvalue weighted by atomic mass is 10.0. The number of amides is 4. The molecule has 0 fully saturated rings. The van der Waals surface area contributed by atoms with Gasteiger partial charge in [0.1, 0.15) is 23.9 Å². The predicted molar refractivity (Wildman–Crippen MR) is 163 cm³/mol. The third-order valence-electron chi connectivity index (χ3n) is 6.59. The average molecular weight is 659 g/mol. The highest BCUT2D eigenvalue weighted by Crippen LogP contribution is 2.16. The number of ether oxygens (including phenoxy) is 1. The molecule has 3 aromatic carbocycles. The van der Waals surface area contributed by atoms with Crippen LogP contribution in [0, 0.1) is 0 Å². The van der Waals surface area contributed by atoms with Crippen LogP contribution in [-0.4, -0.2) is 62.0 Å². The van der Waals surface area contributed by atoms with Crippen LogP contribution >= 0.6 is 0 Å². The summed E-state index contributed by atoms with van der Waals surface area (Å²) in [6, 6.07) is 19.7. The number of carbonyl (C=O) groups excluding carboxylic acids is 4. The molecule has 246 valence electrons. The van der Waals surface area contributed by atoms with Crippen molar-refractivity contribution >= 4 is 34.1 Å². The number of halogens is 1. The molecular weight excluding hydrogens is 623 g/mol. The van der Waals surface area contributed by atoms with Crippen LogP contribution in [0.5, 0.6) is 5.75 Å². The summed E-state index contributed by atoms with van der Waals surface area (Å²) in [6.07, 6.45) is 0.294. The van der Waals surface area contributed by atoms with Crippen LogP contribution in [0.15, 0.2) is 84.9 Å². The number of rotatable bonds is 17. The highest BCUT2D eigenvalue weighted by Gasteiger charge is 2.30. The van der Waals surface area contributed by atoms with Gasteiger partial charge < -0.3 is 24.9 Å². The Labute approximate surface area is 265 Å². The number of carbonyl (C=O) groups is 4. The van der Waals surface area contributed by atoms with E-state index in [2.05, 4.69) is 20.1 Å². The van der Waals surface area contributed by atoms with Crippen molar-refractivity contribution < 1.29 is 45.6 Å². The third kappa shape index (κ3) is 12.6. The van der Waals surface area contributed by atoms with Crippen molar-refractivity contribution in [1.29, 1.82) is 0 Å². The first kappa shape index (κ1) is 35.6. The van der Waals surface area contributed by atoms with E-state index in [4.69, 9.17) is 4.74 Å². The molecular formula is C31H35FN4O9S. The summed E-state index contributed by atoms with van der Waals surface area (Å²) in [4.78, 5) is 51.3. The quantitative estimate of drug-likeness (QED) is 0.0816. The standard InChI is InChI=1S/C31H35FN4O9S/c1-21(37)33-28(20-44-19-24-10-6-3-7-11-24)30(39)34-26(17-14-22-8-4-2-5-9-22)29(38)35-27(31(40)36-41)18-23-12-15-25(16-13-23)45-46(32,42)43/h2-13,15-16,26-28,41H,14,17-20H2,1H3,(H,33,37)(H,34,39)(H,35,38)(H,36,40)/t26-,27-,28+/m1/s1. The van der Waals surface area contributed by atoms with Gasteiger partial charge in [0, 0.05) is 13.3 Å². The molecule has 0 aliphatic heterocycles. The van der Waals surface area contributed by atoms with Crippen LogP contribution in [0.1, 0.15) is 30.0 Å².